The first-order valence-electron chi connectivity index (χ1n) is 9.82. The van der Waals surface area contributed by atoms with Gasteiger partial charge in [0.25, 0.3) is 0 Å². The summed E-state index contributed by atoms with van der Waals surface area (Å²) in [5.41, 5.74) is 3.70. The standard InChI is InChI=1S/C23H26N2O5/c1-15-7-9-16(10-8-15)21-14-20(17-11-18(29-2)13-19(12-17)30-3)24-25(21)22(26)5-4-6-23(27)28/h7-13,21H,4-6,14H2,1-3H3,(H,27,28)/t21-/m1/s1. The number of aryl methyl sites for hydroxylation is 1. The number of carboxylic acid groups (broad SMARTS) is 1. The molecule has 7 heteroatoms. The molecule has 2 aromatic rings. The zero-order valence-electron chi connectivity index (χ0n) is 17.4. The fourth-order valence-electron chi connectivity index (χ4n) is 3.44. The monoisotopic (exact) mass is 410 g/mol. The molecule has 0 saturated carbocycles. The zero-order chi connectivity index (χ0) is 21.7. The molecule has 1 atom stereocenters. The van der Waals surface area contributed by atoms with Crippen molar-refractivity contribution in [2.45, 2.75) is 38.6 Å². The van der Waals surface area contributed by atoms with E-state index in [-0.39, 0.29) is 31.2 Å². The van der Waals surface area contributed by atoms with Crippen LogP contribution in [0, 0.1) is 6.92 Å². The number of hydrogen-bond acceptors (Lipinski definition) is 5. The van der Waals surface area contributed by atoms with Crippen molar-refractivity contribution in [2.75, 3.05) is 14.2 Å². The molecule has 0 unspecified atom stereocenters. The second-order valence-corrected chi connectivity index (χ2v) is 7.26. The van der Waals surface area contributed by atoms with Gasteiger partial charge in [0.2, 0.25) is 5.91 Å². The molecule has 30 heavy (non-hydrogen) atoms. The summed E-state index contributed by atoms with van der Waals surface area (Å²) in [6.45, 7) is 2.01. The Morgan fingerprint density at radius 2 is 1.70 bits per heavy atom. The van der Waals surface area contributed by atoms with E-state index in [1.54, 1.807) is 20.3 Å². The van der Waals surface area contributed by atoms with Crippen LogP contribution in [0.4, 0.5) is 0 Å². The van der Waals surface area contributed by atoms with Gasteiger partial charge >= 0.3 is 5.97 Å². The molecule has 0 radical (unpaired) electrons. The lowest BCUT2D eigenvalue weighted by Gasteiger charge is -2.22. The molecule has 1 amide bonds. The van der Waals surface area contributed by atoms with Crippen molar-refractivity contribution in [3.8, 4) is 11.5 Å². The van der Waals surface area contributed by atoms with Crippen LogP contribution in [0.2, 0.25) is 0 Å². The van der Waals surface area contributed by atoms with Crippen LogP contribution >= 0.6 is 0 Å². The number of carbonyl (C=O) groups excluding carboxylic acids is 1. The van der Waals surface area contributed by atoms with Crippen LogP contribution in [0.5, 0.6) is 11.5 Å². The Labute approximate surface area is 175 Å². The van der Waals surface area contributed by atoms with Crippen molar-refractivity contribution >= 4 is 17.6 Å². The molecule has 1 aliphatic rings. The van der Waals surface area contributed by atoms with Gasteiger partial charge in [0.05, 0.1) is 26.0 Å². The predicted molar refractivity (Wildman–Crippen MR) is 113 cm³/mol. The summed E-state index contributed by atoms with van der Waals surface area (Å²) < 4.78 is 10.7. The summed E-state index contributed by atoms with van der Waals surface area (Å²) in [5.74, 6) is 0.189. The summed E-state index contributed by atoms with van der Waals surface area (Å²) in [5, 5.41) is 15.0. The van der Waals surface area contributed by atoms with E-state index in [2.05, 4.69) is 5.10 Å². The highest BCUT2D eigenvalue weighted by Crippen LogP contribution is 2.35. The molecule has 1 aliphatic heterocycles. The maximum atomic E-state index is 12.9. The van der Waals surface area contributed by atoms with Gasteiger partial charge in [0, 0.05) is 30.9 Å². The minimum atomic E-state index is -0.910. The number of hydrazone groups is 1. The first-order chi connectivity index (χ1) is 14.4. The van der Waals surface area contributed by atoms with E-state index in [9.17, 15) is 9.59 Å². The van der Waals surface area contributed by atoms with Gasteiger partial charge in [-0.1, -0.05) is 29.8 Å². The average molecular weight is 410 g/mol. The lowest BCUT2D eigenvalue weighted by molar-refractivity contribution is -0.137. The van der Waals surface area contributed by atoms with E-state index in [4.69, 9.17) is 14.6 Å². The van der Waals surface area contributed by atoms with E-state index in [0.29, 0.717) is 17.9 Å². The van der Waals surface area contributed by atoms with Crippen LogP contribution in [-0.2, 0) is 9.59 Å². The molecule has 0 fully saturated rings. The summed E-state index contributed by atoms with van der Waals surface area (Å²) >= 11 is 0. The van der Waals surface area contributed by atoms with Crippen LogP contribution in [0.15, 0.2) is 47.6 Å². The average Bonchev–Trinajstić information content (AvgIpc) is 3.19. The topological polar surface area (TPSA) is 88.4 Å². The molecule has 7 nitrogen and oxygen atoms in total. The largest absolute Gasteiger partial charge is 0.497 e. The molecule has 158 valence electrons. The van der Waals surface area contributed by atoms with Gasteiger partial charge in [-0.3, -0.25) is 9.59 Å². The van der Waals surface area contributed by atoms with Crippen LogP contribution in [-0.4, -0.2) is 41.9 Å². The minimum Gasteiger partial charge on any atom is -0.497 e. The number of amides is 1. The molecule has 0 aromatic heterocycles. The zero-order valence-corrected chi connectivity index (χ0v) is 17.4. The van der Waals surface area contributed by atoms with E-state index < -0.39 is 5.97 Å². The number of rotatable bonds is 8. The molecule has 3 rings (SSSR count). The predicted octanol–water partition coefficient (Wildman–Crippen LogP) is 3.94. The number of ether oxygens (including phenoxy) is 2. The number of carbonyl (C=O) groups is 2. The highest BCUT2D eigenvalue weighted by atomic mass is 16.5. The second-order valence-electron chi connectivity index (χ2n) is 7.26. The maximum Gasteiger partial charge on any atom is 0.303 e. The van der Waals surface area contributed by atoms with Gasteiger partial charge in [0.1, 0.15) is 11.5 Å². The lowest BCUT2D eigenvalue weighted by Crippen LogP contribution is -2.27. The molecule has 1 N–H and O–H groups in total. The van der Waals surface area contributed by atoms with Crippen LogP contribution in [0.3, 0.4) is 0 Å². The Bertz CT molecular complexity index is 930. The number of nitrogens with zero attached hydrogens (tertiary/aromatic N) is 2. The summed E-state index contributed by atoms with van der Waals surface area (Å²) in [4.78, 5) is 23.7. The third-order valence-electron chi connectivity index (χ3n) is 5.09. The molecule has 0 saturated heterocycles. The van der Waals surface area contributed by atoms with Gasteiger partial charge < -0.3 is 14.6 Å². The fraction of sp³-hybridized carbons (Fsp3) is 0.348. The molecular formula is C23H26N2O5. The summed E-state index contributed by atoms with van der Waals surface area (Å²) in [7, 11) is 3.17. The Morgan fingerprint density at radius 1 is 1.07 bits per heavy atom. The first kappa shape index (κ1) is 21.4. The van der Waals surface area contributed by atoms with E-state index in [0.717, 1.165) is 22.4 Å². The van der Waals surface area contributed by atoms with Crippen LogP contribution in [0.25, 0.3) is 0 Å². The normalized spacial score (nSPS) is 15.6. The number of carboxylic acids is 1. The van der Waals surface area contributed by atoms with Gasteiger partial charge in [-0.15, -0.1) is 0 Å². The number of benzene rings is 2. The molecule has 1 heterocycles. The Morgan fingerprint density at radius 3 is 2.27 bits per heavy atom. The van der Waals surface area contributed by atoms with Crippen molar-refractivity contribution in [1.29, 1.82) is 0 Å². The SMILES string of the molecule is COc1cc(OC)cc(C2=NN(C(=O)CCCC(=O)O)[C@@H](c3ccc(C)cc3)C2)c1. The maximum absolute atomic E-state index is 12.9. The number of aliphatic carboxylic acids is 1. The van der Waals surface area contributed by atoms with Crippen molar-refractivity contribution < 1.29 is 24.2 Å². The van der Waals surface area contributed by atoms with E-state index >= 15 is 0 Å². The number of methoxy groups -OCH3 is 2. The Balaban J connectivity index is 1.92. The van der Waals surface area contributed by atoms with E-state index in [1.807, 2.05) is 43.3 Å². The Hall–Kier alpha value is -3.35. The third-order valence-corrected chi connectivity index (χ3v) is 5.09. The van der Waals surface area contributed by atoms with Crippen molar-refractivity contribution in [3.63, 3.8) is 0 Å². The van der Waals surface area contributed by atoms with Crippen molar-refractivity contribution in [1.82, 2.24) is 5.01 Å². The van der Waals surface area contributed by atoms with E-state index in [1.165, 1.54) is 5.01 Å². The smallest absolute Gasteiger partial charge is 0.303 e. The van der Waals surface area contributed by atoms with Crippen LogP contribution < -0.4 is 9.47 Å². The lowest BCUT2D eigenvalue weighted by atomic mass is 9.97. The second kappa shape index (κ2) is 9.43. The van der Waals surface area contributed by atoms with Gasteiger partial charge in [-0.2, -0.15) is 5.10 Å². The Kier molecular flexibility index (Phi) is 6.72. The molecule has 0 aliphatic carbocycles. The molecule has 0 bridgehead atoms. The van der Waals surface area contributed by atoms with Gasteiger partial charge in [0.15, 0.2) is 0 Å². The van der Waals surface area contributed by atoms with Crippen molar-refractivity contribution in [2.24, 2.45) is 5.10 Å². The third kappa shape index (κ3) is 4.97. The molecule has 0 spiro atoms. The van der Waals surface area contributed by atoms with Crippen LogP contribution in [0.1, 0.15) is 48.4 Å². The van der Waals surface area contributed by atoms with Crippen molar-refractivity contribution in [3.05, 3.63) is 59.2 Å². The highest BCUT2D eigenvalue weighted by Gasteiger charge is 2.33. The summed E-state index contributed by atoms with van der Waals surface area (Å²) in [6.07, 6.45) is 0.915. The van der Waals surface area contributed by atoms with Gasteiger partial charge in [-0.05, 0) is 31.0 Å². The molecule has 2 aromatic carbocycles. The highest BCUT2D eigenvalue weighted by molar-refractivity contribution is 6.03. The summed E-state index contributed by atoms with van der Waals surface area (Å²) in [6, 6.07) is 13.3. The number of hydrogen-bond donors (Lipinski definition) is 1. The fourth-order valence-corrected chi connectivity index (χ4v) is 3.44. The van der Waals surface area contributed by atoms with Gasteiger partial charge in [-0.25, -0.2) is 5.01 Å². The quantitative estimate of drug-likeness (QED) is 0.712. The molecular weight excluding hydrogens is 384 g/mol. The minimum absolute atomic E-state index is 0.0432. The first-order valence-corrected chi connectivity index (χ1v) is 9.82.